The molecular weight excluding hydrogens is 456 g/mol. The third-order valence-electron chi connectivity index (χ3n) is 7.05. The molecule has 5 aromatic rings. The molecule has 1 atom stereocenters. The second-order valence-corrected chi connectivity index (χ2v) is 9.15. The first-order valence-corrected chi connectivity index (χ1v) is 11.6. The Kier molecular flexibility index (Phi) is 4.63. The van der Waals surface area contributed by atoms with Crippen molar-refractivity contribution in [3.05, 3.63) is 104 Å². The fraction of sp³-hybridized carbons (Fsp3) is 0.143. The van der Waals surface area contributed by atoms with Crippen LogP contribution in [-0.2, 0) is 14.1 Å². The predicted octanol–water partition coefficient (Wildman–Crippen LogP) is 3.93. The van der Waals surface area contributed by atoms with Crippen molar-refractivity contribution in [3.63, 3.8) is 0 Å². The Morgan fingerprint density at radius 1 is 0.889 bits per heavy atom. The van der Waals surface area contributed by atoms with Crippen LogP contribution in [0.15, 0.2) is 76.3 Å². The summed E-state index contributed by atoms with van der Waals surface area (Å²) < 4.78 is 4.61. The molecule has 6 rings (SSSR count). The largest absolute Gasteiger partial charge is 0.508 e. The van der Waals surface area contributed by atoms with Crippen LogP contribution in [0.5, 0.6) is 11.5 Å². The number of nitrogens with zero attached hydrogens (tertiary/aromatic N) is 3. The molecule has 0 saturated heterocycles. The third kappa shape index (κ3) is 2.87. The van der Waals surface area contributed by atoms with Crippen LogP contribution in [0.1, 0.15) is 22.9 Å². The second kappa shape index (κ2) is 7.64. The fourth-order valence-corrected chi connectivity index (χ4v) is 5.32. The number of hydrogen-bond donors (Lipinski definition) is 3. The molecule has 0 bridgehead atoms. The molecule has 8 nitrogen and oxygen atoms in total. The van der Waals surface area contributed by atoms with Crippen molar-refractivity contribution in [1.82, 2.24) is 13.7 Å². The molecule has 2 aromatic heterocycles. The zero-order valence-corrected chi connectivity index (χ0v) is 20.0. The van der Waals surface area contributed by atoms with Gasteiger partial charge in [0.25, 0.3) is 5.56 Å². The summed E-state index contributed by atoms with van der Waals surface area (Å²) in [5, 5.41) is 25.0. The minimum atomic E-state index is -0.662. The highest BCUT2D eigenvalue weighted by Crippen LogP contribution is 2.47. The van der Waals surface area contributed by atoms with E-state index in [0.717, 1.165) is 27.1 Å². The topological polar surface area (TPSA) is 101 Å². The molecule has 0 spiro atoms. The smallest absolute Gasteiger partial charge is 0.331 e. The SMILES string of the molecule is Cc1ccccc1-c1c2c(=O)n(C)c(=O)n(C)c2c2n1-c1ccccc1N[C@@H]2c1cc(O)ccc1O. The van der Waals surface area contributed by atoms with Gasteiger partial charge in [0.05, 0.1) is 39.7 Å². The van der Waals surface area contributed by atoms with E-state index in [0.29, 0.717) is 27.9 Å². The summed E-state index contributed by atoms with van der Waals surface area (Å²) in [6.45, 7) is 1.99. The molecule has 0 unspecified atom stereocenters. The normalized spacial score (nSPS) is 14.4. The van der Waals surface area contributed by atoms with Crippen LogP contribution in [0.4, 0.5) is 5.69 Å². The maximum atomic E-state index is 13.7. The van der Waals surface area contributed by atoms with Crippen LogP contribution >= 0.6 is 0 Å². The first-order valence-electron chi connectivity index (χ1n) is 11.6. The van der Waals surface area contributed by atoms with Gasteiger partial charge in [0.2, 0.25) is 0 Å². The van der Waals surface area contributed by atoms with Gasteiger partial charge in [0, 0.05) is 25.2 Å². The molecule has 0 radical (unpaired) electrons. The summed E-state index contributed by atoms with van der Waals surface area (Å²) in [6, 6.07) is 19.2. The van der Waals surface area contributed by atoms with E-state index in [1.807, 2.05) is 60.0 Å². The minimum absolute atomic E-state index is 0.00481. The molecule has 36 heavy (non-hydrogen) atoms. The minimum Gasteiger partial charge on any atom is -0.508 e. The first-order chi connectivity index (χ1) is 17.3. The summed E-state index contributed by atoms with van der Waals surface area (Å²) in [5.74, 6) is -0.0216. The summed E-state index contributed by atoms with van der Waals surface area (Å²) in [6.07, 6.45) is 0. The molecule has 1 aliphatic rings. The molecule has 3 aromatic carbocycles. The van der Waals surface area contributed by atoms with Crippen molar-refractivity contribution in [1.29, 1.82) is 0 Å². The van der Waals surface area contributed by atoms with Gasteiger partial charge in [-0.1, -0.05) is 36.4 Å². The van der Waals surface area contributed by atoms with Gasteiger partial charge in [0.1, 0.15) is 11.5 Å². The highest BCUT2D eigenvalue weighted by atomic mass is 16.3. The predicted molar refractivity (Wildman–Crippen MR) is 139 cm³/mol. The van der Waals surface area contributed by atoms with E-state index in [1.165, 1.54) is 29.8 Å². The number of para-hydroxylation sites is 2. The molecule has 0 fully saturated rings. The molecular formula is C28H24N4O4. The monoisotopic (exact) mass is 480 g/mol. The number of aromatic hydroxyl groups is 2. The highest BCUT2D eigenvalue weighted by molar-refractivity contribution is 6.00. The van der Waals surface area contributed by atoms with Crippen LogP contribution in [0, 0.1) is 6.92 Å². The van der Waals surface area contributed by atoms with Crippen molar-refractivity contribution in [2.45, 2.75) is 13.0 Å². The number of aryl methyl sites for hydroxylation is 2. The van der Waals surface area contributed by atoms with E-state index in [2.05, 4.69) is 5.32 Å². The Hall–Kier alpha value is -4.72. The number of aromatic nitrogens is 3. The van der Waals surface area contributed by atoms with E-state index in [9.17, 15) is 19.8 Å². The second-order valence-electron chi connectivity index (χ2n) is 9.15. The van der Waals surface area contributed by atoms with Crippen LogP contribution in [0.3, 0.4) is 0 Å². The van der Waals surface area contributed by atoms with E-state index in [4.69, 9.17) is 0 Å². The number of phenolic OH excluding ortho intramolecular Hbond substituents is 2. The molecule has 1 aliphatic heterocycles. The van der Waals surface area contributed by atoms with Crippen LogP contribution in [0.2, 0.25) is 0 Å². The molecule has 3 heterocycles. The Bertz CT molecular complexity index is 1830. The van der Waals surface area contributed by atoms with Crippen LogP contribution in [0.25, 0.3) is 27.8 Å². The van der Waals surface area contributed by atoms with E-state index >= 15 is 0 Å². The van der Waals surface area contributed by atoms with Crippen molar-refractivity contribution in [2.75, 3.05) is 5.32 Å². The van der Waals surface area contributed by atoms with Gasteiger partial charge in [-0.05, 0) is 42.8 Å². The lowest BCUT2D eigenvalue weighted by atomic mass is 9.98. The number of nitrogens with one attached hydrogen (secondary N) is 1. The van der Waals surface area contributed by atoms with Crippen molar-refractivity contribution in [3.8, 4) is 28.4 Å². The molecule has 0 amide bonds. The van der Waals surface area contributed by atoms with E-state index in [1.54, 1.807) is 7.05 Å². The van der Waals surface area contributed by atoms with Crippen LogP contribution < -0.4 is 16.6 Å². The average molecular weight is 481 g/mol. The average Bonchev–Trinajstić information content (AvgIpc) is 3.24. The number of benzene rings is 3. The van der Waals surface area contributed by atoms with Crippen molar-refractivity contribution < 1.29 is 10.2 Å². The zero-order chi connectivity index (χ0) is 25.3. The van der Waals surface area contributed by atoms with Crippen LogP contribution in [-0.4, -0.2) is 23.9 Å². The Morgan fingerprint density at radius 2 is 1.61 bits per heavy atom. The Labute approximate surface area is 205 Å². The van der Waals surface area contributed by atoms with E-state index < -0.39 is 17.3 Å². The first kappa shape index (κ1) is 21.8. The van der Waals surface area contributed by atoms with Crippen molar-refractivity contribution >= 4 is 16.6 Å². The maximum Gasteiger partial charge on any atom is 0.331 e. The van der Waals surface area contributed by atoms with Crippen molar-refractivity contribution in [2.24, 2.45) is 14.1 Å². The number of hydrogen-bond acceptors (Lipinski definition) is 5. The number of fused-ring (bicyclic) bond motifs is 5. The van der Waals surface area contributed by atoms with Gasteiger partial charge in [-0.3, -0.25) is 13.9 Å². The quantitative estimate of drug-likeness (QED) is 0.333. The number of anilines is 1. The Balaban J connectivity index is 1.90. The van der Waals surface area contributed by atoms with Gasteiger partial charge < -0.3 is 20.1 Å². The molecule has 3 N–H and O–H groups in total. The molecule has 180 valence electrons. The molecule has 0 aliphatic carbocycles. The molecule has 8 heteroatoms. The van der Waals surface area contributed by atoms with Gasteiger partial charge >= 0.3 is 5.69 Å². The van der Waals surface area contributed by atoms with E-state index in [-0.39, 0.29) is 11.5 Å². The number of phenols is 2. The van der Waals surface area contributed by atoms with Gasteiger partial charge in [-0.15, -0.1) is 0 Å². The summed E-state index contributed by atoms with van der Waals surface area (Å²) in [4.78, 5) is 26.8. The summed E-state index contributed by atoms with van der Waals surface area (Å²) in [7, 11) is 3.12. The number of rotatable bonds is 2. The van der Waals surface area contributed by atoms with Gasteiger partial charge in [0.15, 0.2) is 0 Å². The lowest BCUT2D eigenvalue weighted by molar-refractivity contribution is 0.452. The lowest BCUT2D eigenvalue weighted by Gasteiger charge is -2.31. The maximum absolute atomic E-state index is 13.7. The van der Waals surface area contributed by atoms with Gasteiger partial charge in [-0.25, -0.2) is 4.79 Å². The Morgan fingerprint density at radius 3 is 2.39 bits per heavy atom. The molecule has 0 saturated carbocycles. The fourth-order valence-electron chi connectivity index (χ4n) is 5.32. The lowest BCUT2D eigenvalue weighted by Crippen LogP contribution is -2.37. The van der Waals surface area contributed by atoms with Gasteiger partial charge in [-0.2, -0.15) is 0 Å². The summed E-state index contributed by atoms with van der Waals surface area (Å²) >= 11 is 0. The highest BCUT2D eigenvalue weighted by Gasteiger charge is 2.36. The summed E-state index contributed by atoms with van der Waals surface area (Å²) in [5.41, 5.74) is 4.78. The zero-order valence-electron chi connectivity index (χ0n) is 20.0. The third-order valence-corrected chi connectivity index (χ3v) is 7.05. The standard InChI is InChI=1S/C28H24N4O4/c1-15-8-4-5-9-17(15)24-22-25(30(2)28(36)31(3)27(22)35)26-23(18-14-16(33)12-13-21(18)34)29-19-10-6-7-11-20(19)32(24)26/h4-14,23,29,33-34H,1-3H3/t23-/m1/s1.